The minimum absolute atomic E-state index is 0.409. The third-order valence-corrected chi connectivity index (χ3v) is 1.32. The van der Waals surface area contributed by atoms with Crippen molar-refractivity contribution in [2.75, 3.05) is 6.61 Å². The molecule has 0 rings (SSSR count). The van der Waals surface area contributed by atoms with Gasteiger partial charge in [0.05, 0.1) is 6.61 Å². The van der Waals surface area contributed by atoms with E-state index in [4.69, 9.17) is 4.74 Å². The van der Waals surface area contributed by atoms with Crippen LogP contribution in [-0.2, 0) is 4.74 Å². The minimum atomic E-state index is -0.409. The van der Waals surface area contributed by atoms with E-state index in [2.05, 4.69) is 19.7 Å². The van der Waals surface area contributed by atoms with Crippen molar-refractivity contribution in [2.45, 2.75) is 12.5 Å². The Balaban J connectivity index is 3.91. The lowest BCUT2D eigenvalue weighted by Crippen LogP contribution is -2.22. The largest absolute Gasteiger partial charge is 0.363 e. The Morgan fingerprint density at radius 3 is 2.10 bits per heavy atom. The van der Waals surface area contributed by atoms with Crippen LogP contribution in [0.2, 0.25) is 0 Å². The van der Waals surface area contributed by atoms with Crippen molar-refractivity contribution in [1.82, 2.24) is 0 Å². The number of ether oxygens (including phenoxy) is 1. The molecule has 0 aromatic heterocycles. The Labute approximate surface area is 62.7 Å². The van der Waals surface area contributed by atoms with E-state index in [9.17, 15) is 0 Å². The van der Waals surface area contributed by atoms with Crippen LogP contribution in [0.3, 0.4) is 0 Å². The molecule has 56 valence electrons. The molecular formula is C9H14O. The fraction of sp³-hybridized carbons (Fsp3) is 0.333. The molecule has 0 aromatic carbocycles. The molecule has 0 amide bonds. The first-order chi connectivity index (χ1) is 4.68. The number of hydrogen-bond acceptors (Lipinski definition) is 1. The molecule has 0 saturated heterocycles. The van der Waals surface area contributed by atoms with Crippen molar-refractivity contribution in [1.29, 1.82) is 0 Å². The van der Waals surface area contributed by atoms with Gasteiger partial charge < -0.3 is 4.74 Å². The van der Waals surface area contributed by atoms with Gasteiger partial charge in [-0.2, -0.15) is 0 Å². The van der Waals surface area contributed by atoms with E-state index < -0.39 is 5.60 Å². The minimum Gasteiger partial charge on any atom is -0.363 e. The van der Waals surface area contributed by atoms with Crippen molar-refractivity contribution < 1.29 is 4.74 Å². The first-order valence-corrected chi connectivity index (χ1v) is 3.20. The third kappa shape index (κ3) is 2.65. The summed E-state index contributed by atoms with van der Waals surface area (Å²) in [4.78, 5) is 0. The first kappa shape index (κ1) is 9.18. The van der Waals surface area contributed by atoms with Gasteiger partial charge in [-0.3, -0.25) is 0 Å². The van der Waals surface area contributed by atoms with Crippen LogP contribution in [0.1, 0.15) is 6.92 Å². The third-order valence-electron chi connectivity index (χ3n) is 1.32. The van der Waals surface area contributed by atoms with Gasteiger partial charge in [-0.15, -0.1) is 6.58 Å². The highest BCUT2D eigenvalue weighted by atomic mass is 16.5. The molecular weight excluding hydrogens is 124 g/mol. The summed E-state index contributed by atoms with van der Waals surface area (Å²) in [7, 11) is 0. The SMILES string of the molecule is C=CCOC(C)(C=C)C=C. The van der Waals surface area contributed by atoms with Gasteiger partial charge in [-0.1, -0.05) is 31.4 Å². The molecule has 0 fully saturated rings. The van der Waals surface area contributed by atoms with Gasteiger partial charge in [0.1, 0.15) is 5.60 Å². The number of hydrogen-bond donors (Lipinski definition) is 0. The number of rotatable bonds is 5. The molecule has 0 atom stereocenters. The summed E-state index contributed by atoms with van der Waals surface area (Å²) in [5, 5.41) is 0. The molecule has 0 radical (unpaired) electrons. The highest BCUT2D eigenvalue weighted by Crippen LogP contribution is 2.11. The summed E-state index contributed by atoms with van der Waals surface area (Å²) in [6.07, 6.45) is 5.12. The lowest BCUT2D eigenvalue weighted by Gasteiger charge is -2.20. The zero-order valence-electron chi connectivity index (χ0n) is 6.47. The molecule has 10 heavy (non-hydrogen) atoms. The van der Waals surface area contributed by atoms with Crippen molar-refractivity contribution in [3.8, 4) is 0 Å². The van der Waals surface area contributed by atoms with Crippen molar-refractivity contribution in [3.05, 3.63) is 38.0 Å². The Bertz CT molecular complexity index is 128. The fourth-order valence-corrected chi connectivity index (χ4v) is 0.440. The smallest absolute Gasteiger partial charge is 0.101 e. The molecule has 0 aliphatic heterocycles. The predicted molar refractivity (Wildman–Crippen MR) is 44.9 cm³/mol. The van der Waals surface area contributed by atoms with Crippen LogP contribution >= 0.6 is 0 Å². The summed E-state index contributed by atoms with van der Waals surface area (Å²) >= 11 is 0. The maximum atomic E-state index is 5.32. The highest BCUT2D eigenvalue weighted by Gasteiger charge is 2.13. The molecule has 1 nitrogen and oxygen atoms in total. The predicted octanol–water partition coefficient (Wildman–Crippen LogP) is 2.32. The van der Waals surface area contributed by atoms with Crippen LogP contribution in [0.25, 0.3) is 0 Å². The zero-order chi connectivity index (χ0) is 8.04. The van der Waals surface area contributed by atoms with Crippen LogP contribution < -0.4 is 0 Å². The molecule has 0 N–H and O–H groups in total. The van der Waals surface area contributed by atoms with E-state index in [1.54, 1.807) is 18.2 Å². The average molecular weight is 138 g/mol. The molecule has 0 saturated carbocycles. The molecule has 0 heterocycles. The maximum Gasteiger partial charge on any atom is 0.101 e. The maximum absolute atomic E-state index is 5.32. The van der Waals surface area contributed by atoms with E-state index >= 15 is 0 Å². The molecule has 0 spiro atoms. The highest BCUT2D eigenvalue weighted by molar-refractivity contribution is 5.06. The summed E-state index contributed by atoms with van der Waals surface area (Å²) in [6.45, 7) is 13.2. The van der Waals surface area contributed by atoms with Crippen LogP contribution in [0.15, 0.2) is 38.0 Å². The Kier molecular flexibility index (Phi) is 3.74. The normalized spacial score (nSPS) is 10.5. The average Bonchev–Trinajstić information content (AvgIpc) is 2.00. The monoisotopic (exact) mass is 138 g/mol. The second kappa shape index (κ2) is 4.07. The Morgan fingerprint density at radius 1 is 1.30 bits per heavy atom. The molecule has 0 aliphatic rings. The fourth-order valence-electron chi connectivity index (χ4n) is 0.440. The summed E-state index contributed by atoms with van der Waals surface area (Å²) in [6, 6.07) is 0. The second-order valence-electron chi connectivity index (χ2n) is 2.19. The van der Waals surface area contributed by atoms with E-state index in [0.717, 1.165) is 0 Å². The van der Waals surface area contributed by atoms with E-state index in [-0.39, 0.29) is 0 Å². The van der Waals surface area contributed by atoms with E-state index in [0.29, 0.717) is 6.61 Å². The topological polar surface area (TPSA) is 9.23 Å². The Hall–Kier alpha value is -0.820. The zero-order valence-corrected chi connectivity index (χ0v) is 6.47. The molecule has 0 unspecified atom stereocenters. The lowest BCUT2D eigenvalue weighted by atomic mass is 10.1. The second-order valence-corrected chi connectivity index (χ2v) is 2.19. The van der Waals surface area contributed by atoms with E-state index in [1.165, 1.54) is 0 Å². The van der Waals surface area contributed by atoms with Crippen molar-refractivity contribution in [2.24, 2.45) is 0 Å². The molecule has 1 heteroatoms. The van der Waals surface area contributed by atoms with Gasteiger partial charge in [-0.25, -0.2) is 0 Å². The molecule has 0 aromatic rings. The van der Waals surface area contributed by atoms with Gasteiger partial charge >= 0.3 is 0 Å². The van der Waals surface area contributed by atoms with Crippen molar-refractivity contribution in [3.63, 3.8) is 0 Å². The summed E-state index contributed by atoms with van der Waals surface area (Å²) in [5.74, 6) is 0. The van der Waals surface area contributed by atoms with Gasteiger partial charge in [-0.05, 0) is 6.92 Å². The van der Waals surface area contributed by atoms with Gasteiger partial charge in [0, 0.05) is 0 Å². The van der Waals surface area contributed by atoms with Gasteiger partial charge in [0.25, 0.3) is 0 Å². The van der Waals surface area contributed by atoms with E-state index in [1.807, 2.05) is 6.92 Å². The molecule has 0 bridgehead atoms. The lowest BCUT2D eigenvalue weighted by molar-refractivity contribution is 0.0629. The van der Waals surface area contributed by atoms with Gasteiger partial charge in [0.2, 0.25) is 0 Å². The quantitative estimate of drug-likeness (QED) is 0.530. The van der Waals surface area contributed by atoms with Crippen LogP contribution in [0.5, 0.6) is 0 Å². The molecule has 0 aliphatic carbocycles. The van der Waals surface area contributed by atoms with Crippen LogP contribution in [-0.4, -0.2) is 12.2 Å². The van der Waals surface area contributed by atoms with Gasteiger partial charge in [0.15, 0.2) is 0 Å². The standard InChI is InChI=1S/C9H14O/c1-5-8-10-9(4,6-2)7-3/h5-7H,1-3,8H2,4H3. The van der Waals surface area contributed by atoms with Crippen LogP contribution in [0.4, 0.5) is 0 Å². The Morgan fingerprint density at radius 2 is 1.80 bits per heavy atom. The first-order valence-electron chi connectivity index (χ1n) is 3.20. The van der Waals surface area contributed by atoms with Crippen molar-refractivity contribution >= 4 is 0 Å². The summed E-state index contributed by atoms with van der Waals surface area (Å²) in [5.41, 5.74) is -0.409. The van der Waals surface area contributed by atoms with Crippen LogP contribution in [0, 0.1) is 0 Å². The summed E-state index contributed by atoms with van der Waals surface area (Å²) < 4.78 is 5.32.